The highest BCUT2D eigenvalue weighted by molar-refractivity contribution is 7.10. The number of anilines is 1. The number of hydrogen-bond donors (Lipinski definition) is 2. The third-order valence-electron chi connectivity index (χ3n) is 2.22. The number of hydrazone groups is 1. The number of nitrogens with one attached hydrogen (secondary N) is 1. The lowest BCUT2D eigenvalue weighted by Crippen LogP contribution is -2.19. The summed E-state index contributed by atoms with van der Waals surface area (Å²) >= 11 is 0.957. The van der Waals surface area contributed by atoms with Gasteiger partial charge in [0.15, 0.2) is 5.69 Å². The van der Waals surface area contributed by atoms with Crippen molar-refractivity contribution in [3.63, 3.8) is 0 Å². The summed E-state index contributed by atoms with van der Waals surface area (Å²) in [5.41, 5.74) is 8.75. The van der Waals surface area contributed by atoms with E-state index in [0.29, 0.717) is 0 Å². The van der Waals surface area contributed by atoms with Gasteiger partial charge in [-0.2, -0.15) is 5.10 Å². The Morgan fingerprint density at radius 2 is 2.21 bits per heavy atom. The Bertz CT molecular complexity index is 593. The third kappa shape index (κ3) is 3.26. The molecule has 0 unspecified atom stereocenters. The van der Waals surface area contributed by atoms with Crippen LogP contribution >= 0.6 is 11.5 Å². The van der Waals surface area contributed by atoms with Gasteiger partial charge in [-0.3, -0.25) is 4.79 Å². The minimum absolute atomic E-state index is 0.0804. The highest BCUT2D eigenvalue weighted by atomic mass is 32.1. The van der Waals surface area contributed by atoms with E-state index in [1.165, 1.54) is 6.21 Å². The maximum Gasteiger partial charge on any atom is 0.295 e. The van der Waals surface area contributed by atoms with Gasteiger partial charge in [-0.05, 0) is 29.8 Å². The minimum Gasteiger partial charge on any atom is -0.497 e. The van der Waals surface area contributed by atoms with Crippen molar-refractivity contribution >= 4 is 28.7 Å². The van der Waals surface area contributed by atoms with Gasteiger partial charge in [0.05, 0.1) is 13.3 Å². The molecule has 0 saturated carbocycles. The van der Waals surface area contributed by atoms with E-state index in [1.807, 2.05) is 12.1 Å². The number of benzene rings is 1. The second-order valence-electron chi connectivity index (χ2n) is 3.46. The zero-order chi connectivity index (χ0) is 13.7. The molecule has 0 bridgehead atoms. The number of nitrogens with two attached hydrogens (primary N) is 1. The molecule has 2 aromatic rings. The number of nitrogens with zero attached hydrogens (tertiary/aromatic N) is 3. The van der Waals surface area contributed by atoms with Crippen LogP contribution in [0.1, 0.15) is 16.1 Å². The van der Waals surface area contributed by atoms with Crippen molar-refractivity contribution < 1.29 is 9.53 Å². The van der Waals surface area contributed by atoms with Crippen LogP contribution in [0.3, 0.4) is 0 Å². The Kier molecular flexibility index (Phi) is 4.04. The number of carbonyl (C=O) groups is 1. The highest BCUT2D eigenvalue weighted by Crippen LogP contribution is 2.12. The first-order chi connectivity index (χ1) is 9.20. The van der Waals surface area contributed by atoms with Crippen LogP contribution in [-0.4, -0.2) is 28.8 Å². The van der Waals surface area contributed by atoms with Crippen LogP contribution in [0.25, 0.3) is 0 Å². The lowest BCUT2D eigenvalue weighted by Gasteiger charge is -1.99. The van der Waals surface area contributed by atoms with Crippen molar-refractivity contribution in [1.82, 2.24) is 15.0 Å². The normalized spacial score (nSPS) is 10.6. The summed E-state index contributed by atoms with van der Waals surface area (Å²) in [6.07, 6.45) is 1.51. The maximum absolute atomic E-state index is 11.6. The van der Waals surface area contributed by atoms with Crippen LogP contribution in [0, 0.1) is 0 Å². The standard InChI is InChI=1S/C11H11N5O2S/c1-18-8-4-2-7(3-5-8)6-13-15-11(17)9-10(12)19-16-14-9/h2-6H,12H2,1H3,(H,15,17). The molecule has 7 nitrogen and oxygen atoms in total. The van der Waals surface area contributed by atoms with Gasteiger partial charge in [0, 0.05) is 11.5 Å². The SMILES string of the molecule is COc1ccc(C=NNC(=O)c2nnsc2N)cc1. The van der Waals surface area contributed by atoms with Gasteiger partial charge in [0.25, 0.3) is 5.91 Å². The minimum atomic E-state index is -0.490. The predicted molar refractivity (Wildman–Crippen MR) is 72.4 cm³/mol. The Morgan fingerprint density at radius 1 is 1.47 bits per heavy atom. The molecule has 1 amide bonds. The number of ether oxygens (including phenoxy) is 1. The Morgan fingerprint density at radius 3 is 2.79 bits per heavy atom. The Balaban J connectivity index is 1.96. The summed E-state index contributed by atoms with van der Waals surface area (Å²) in [5, 5.41) is 7.68. The second kappa shape index (κ2) is 5.91. The average Bonchev–Trinajstić information content (AvgIpc) is 2.86. The predicted octanol–water partition coefficient (Wildman–Crippen LogP) is 0.893. The summed E-state index contributed by atoms with van der Waals surface area (Å²) in [4.78, 5) is 11.6. The molecule has 0 spiro atoms. The lowest BCUT2D eigenvalue weighted by molar-refractivity contribution is 0.0951. The van der Waals surface area contributed by atoms with Crippen LogP contribution in [0.2, 0.25) is 0 Å². The summed E-state index contributed by atoms with van der Waals surface area (Å²) < 4.78 is 8.60. The largest absolute Gasteiger partial charge is 0.497 e. The smallest absolute Gasteiger partial charge is 0.295 e. The quantitative estimate of drug-likeness (QED) is 0.638. The fourth-order valence-electron chi connectivity index (χ4n) is 1.26. The average molecular weight is 277 g/mol. The number of methoxy groups -OCH3 is 1. The van der Waals surface area contributed by atoms with Gasteiger partial charge in [-0.1, -0.05) is 4.49 Å². The maximum atomic E-state index is 11.6. The summed E-state index contributed by atoms with van der Waals surface area (Å²) in [6, 6.07) is 7.22. The fraction of sp³-hybridized carbons (Fsp3) is 0.0909. The molecule has 98 valence electrons. The monoisotopic (exact) mass is 277 g/mol. The van der Waals surface area contributed by atoms with E-state index in [9.17, 15) is 4.79 Å². The Hall–Kier alpha value is -2.48. The number of amides is 1. The topological polar surface area (TPSA) is 102 Å². The van der Waals surface area contributed by atoms with E-state index in [0.717, 1.165) is 22.8 Å². The molecule has 1 heterocycles. The van der Waals surface area contributed by atoms with Gasteiger partial charge < -0.3 is 10.5 Å². The molecular weight excluding hydrogens is 266 g/mol. The van der Waals surface area contributed by atoms with E-state index < -0.39 is 5.91 Å². The van der Waals surface area contributed by atoms with Crippen molar-refractivity contribution in [1.29, 1.82) is 0 Å². The molecule has 1 aromatic carbocycles. The van der Waals surface area contributed by atoms with Gasteiger partial charge in [0.2, 0.25) is 0 Å². The molecule has 19 heavy (non-hydrogen) atoms. The van der Waals surface area contributed by atoms with Crippen LogP contribution in [0.5, 0.6) is 5.75 Å². The molecule has 0 atom stereocenters. The summed E-state index contributed by atoms with van der Waals surface area (Å²) in [5.74, 6) is 0.263. The van der Waals surface area contributed by atoms with Crippen LogP contribution in [0.4, 0.5) is 5.00 Å². The fourth-order valence-corrected chi connectivity index (χ4v) is 1.69. The van der Waals surface area contributed by atoms with E-state index in [4.69, 9.17) is 10.5 Å². The van der Waals surface area contributed by atoms with Crippen LogP contribution in [0.15, 0.2) is 29.4 Å². The molecule has 3 N–H and O–H groups in total. The van der Waals surface area contributed by atoms with E-state index in [1.54, 1.807) is 19.2 Å². The van der Waals surface area contributed by atoms with Crippen molar-refractivity contribution in [3.05, 3.63) is 35.5 Å². The van der Waals surface area contributed by atoms with E-state index in [-0.39, 0.29) is 10.7 Å². The zero-order valence-corrected chi connectivity index (χ0v) is 10.8. The Labute approximate surface area is 113 Å². The summed E-state index contributed by atoms with van der Waals surface area (Å²) in [6.45, 7) is 0. The van der Waals surface area contributed by atoms with Crippen molar-refractivity contribution in [2.75, 3.05) is 12.8 Å². The molecule has 8 heteroatoms. The highest BCUT2D eigenvalue weighted by Gasteiger charge is 2.12. The van der Waals surface area contributed by atoms with E-state index in [2.05, 4.69) is 20.1 Å². The molecule has 0 saturated heterocycles. The second-order valence-corrected chi connectivity index (χ2v) is 4.24. The van der Waals surface area contributed by atoms with Gasteiger partial charge in [-0.25, -0.2) is 5.43 Å². The van der Waals surface area contributed by atoms with Crippen molar-refractivity contribution in [2.24, 2.45) is 5.10 Å². The molecule has 2 rings (SSSR count). The molecule has 0 fully saturated rings. The molecule has 0 aliphatic heterocycles. The zero-order valence-electron chi connectivity index (χ0n) is 10.0. The molecule has 1 aromatic heterocycles. The van der Waals surface area contributed by atoms with Crippen LogP contribution in [-0.2, 0) is 0 Å². The van der Waals surface area contributed by atoms with Gasteiger partial charge in [-0.15, -0.1) is 5.10 Å². The van der Waals surface area contributed by atoms with Crippen LogP contribution < -0.4 is 15.9 Å². The molecule has 0 radical (unpaired) electrons. The number of rotatable bonds is 4. The van der Waals surface area contributed by atoms with Gasteiger partial charge >= 0.3 is 0 Å². The molecule has 0 aliphatic rings. The molecule has 0 aliphatic carbocycles. The number of nitrogen functional groups attached to an aromatic ring is 1. The van der Waals surface area contributed by atoms with Crippen molar-refractivity contribution in [2.45, 2.75) is 0 Å². The van der Waals surface area contributed by atoms with Crippen molar-refractivity contribution in [3.8, 4) is 5.75 Å². The number of aromatic nitrogens is 2. The van der Waals surface area contributed by atoms with E-state index >= 15 is 0 Å². The number of carbonyl (C=O) groups excluding carboxylic acids is 1. The first kappa shape index (κ1) is 13.0. The summed E-state index contributed by atoms with van der Waals surface area (Å²) in [7, 11) is 1.59. The first-order valence-electron chi connectivity index (χ1n) is 5.26. The first-order valence-corrected chi connectivity index (χ1v) is 6.03. The number of hydrogen-bond acceptors (Lipinski definition) is 7. The lowest BCUT2D eigenvalue weighted by atomic mass is 10.2. The molecular formula is C11H11N5O2S. The van der Waals surface area contributed by atoms with Gasteiger partial charge in [0.1, 0.15) is 10.8 Å². The third-order valence-corrected chi connectivity index (χ3v) is 2.78.